The van der Waals surface area contributed by atoms with Gasteiger partial charge in [-0.25, -0.2) is 9.18 Å². The Balaban J connectivity index is 2.65. The van der Waals surface area contributed by atoms with E-state index in [1.54, 1.807) is 6.92 Å². The number of methoxy groups -OCH3 is 1. The van der Waals surface area contributed by atoms with Crippen LogP contribution in [0.4, 0.5) is 4.39 Å². The van der Waals surface area contributed by atoms with Crippen molar-refractivity contribution in [1.29, 1.82) is 5.26 Å². The summed E-state index contributed by atoms with van der Waals surface area (Å²) in [6, 6.07) is 6.66. The second kappa shape index (κ2) is 8.00. The number of nitrogens with zero attached hydrogens (tertiary/aromatic N) is 1. The molecule has 0 saturated heterocycles. The smallest absolute Gasteiger partial charge is 0.328 e. The van der Waals surface area contributed by atoms with Crippen LogP contribution in [0.5, 0.6) is 0 Å². The number of hydrogen-bond donors (Lipinski definition) is 1. The number of rotatable bonds is 6. The number of esters is 1. The van der Waals surface area contributed by atoms with E-state index in [4.69, 9.17) is 5.26 Å². The van der Waals surface area contributed by atoms with Crippen LogP contribution in [0.15, 0.2) is 24.3 Å². The van der Waals surface area contributed by atoms with Gasteiger partial charge in [0.2, 0.25) is 5.91 Å². The fraction of sp³-hybridized carbons (Fsp3) is 0.400. The molecule has 0 heterocycles. The van der Waals surface area contributed by atoms with Gasteiger partial charge in [-0.3, -0.25) is 4.79 Å². The molecule has 0 fully saturated rings. The fourth-order valence-corrected chi connectivity index (χ4v) is 1.80. The van der Waals surface area contributed by atoms with Crippen molar-refractivity contribution in [2.45, 2.75) is 25.8 Å². The summed E-state index contributed by atoms with van der Waals surface area (Å²) in [5.74, 6) is -1.75. The average molecular weight is 292 g/mol. The molecule has 0 aliphatic heterocycles. The van der Waals surface area contributed by atoms with Gasteiger partial charge in [-0.2, -0.15) is 5.26 Å². The fourth-order valence-electron chi connectivity index (χ4n) is 1.80. The van der Waals surface area contributed by atoms with Crippen LogP contribution < -0.4 is 5.32 Å². The van der Waals surface area contributed by atoms with Gasteiger partial charge in [0.25, 0.3) is 0 Å². The summed E-state index contributed by atoms with van der Waals surface area (Å²) in [5.41, 5.74) is 0.630. The summed E-state index contributed by atoms with van der Waals surface area (Å²) in [6.07, 6.45) is 0.201. The number of ether oxygens (including phenoxy) is 1. The van der Waals surface area contributed by atoms with Crippen LogP contribution in [0.3, 0.4) is 0 Å². The van der Waals surface area contributed by atoms with Crippen molar-refractivity contribution in [3.8, 4) is 6.07 Å². The Hall–Kier alpha value is -2.42. The third-order valence-electron chi connectivity index (χ3n) is 2.91. The molecule has 1 N–H and O–H groups in total. The largest absolute Gasteiger partial charge is 0.467 e. The van der Waals surface area contributed by atoms with Crippen LogP contribution in [0, 0.1) is 23.1 Å². The number of amides is 1. The molecule has 0 radical (unpaired) electrons. The summed E-state index contributed by atoms with van der Waals surface area (Å²) in [6.45, 7) is 1.65. The van der Waals surface area contributed by atoms with E-state index in [0.29, 0.717) is 5.56 Å². The highest BCUT2D eigenvalue weighted by Gasteiger charge is 2.23. The van der Waals surface area contributed by atoms with E-state index < -0.39 is 12.0 Å². The first kappa shape index (κ1) is 16.6. The van der Waals surface area contributed by atoms with Crippen molar-refractivity contribution >= 4 is 11.9 Å². The highest BCUT2D eigenvalue weighted by molar-refractivity contribution is 5.85. The van der Waals surface area contributed by atoms with Crippen LogP contribution in [0.1, 0.15) is 18.9 Å². The van der Waals surface area contributed by atoms with Crippen LogP contribution in [-0.4, -0.2) is 25.0 Å². The van der Waals surface area contributed by atoms with Crippen LogP contribution >= 0.6 is 0 Å². The quantitative estimate of drug-likeness (QED) is 0.807. The van der Waals surface area contributed by atoms with Crippen LogP contribution in [-0.2, 0) is 20.7 Å². The molecule has 2 atom stereocenters. The van der Waals surface area contributed by atoms with E-state index in [1.807, 2.05) is 6.07 Å². The third kappa shape index (κ3) is 5.61. The molecule has 0 aliphatic carbocycles. The van der Waals surface area contributed by atoms with Crippen LogP contribution in [0.25, 0.3) is 0 Å². The molecule has 0 aliphatic rings. The van der Waals surface area contributed by atoms with Crippen molar-refractivity contribution in [1.82, 2.24) is 5.32 Å². The van der Waals surface area contributed by atoms with E-state index in [9.17, 15) is 14.0 Å². The lowest BCUT2D eigenvalue weighted by Crippen LogP contribution is -2.43. The third-order valence-corrected chi connectivity index (χ3v) is 2.91. The summed E-state index contributed by atoms with van der Waals surface area (Å²) in [4.78, 5) is 23.5. The number of carbonyl (C=O) groups excluding carboxylic acids is 2. The first-order chi connectivity index (χ1) is 9.96. The Morgan fingerprint density at radius 3 is 2.52 bits per heavy atom. The molecule has 1 aromatic rings. The summed E-state index contributed by atoms with van der Waals surface area (Å²) in [7, 11) is 1.22. The Labute approximate surface area is 122 Å². The number of halogens is 1. The highest BCUT2D eigenvalue weighted by Crippen LogP contribution is 2.08. The summed E-state index contributed by atoms with van der Waals surface area (Å²) >= 11 is 0. The van der Waals surface area contributed by atoms with E-state index in [0.717, 1.165) is 0 Å². The highest BCUT2D eigenvalue weighted by atomic mass is 19.1. The van der Waals surface area contributed by atoms with Gasteiger partial charge < -0.3 is 10.1 Å². The molecule has 0 saturated carbocycles. The number of benzene rings is 1. The predicted octanol–water partition coefficient (Wildman–Crippen LogP) is 1.58. The molecule has 0 bridgehead atoms. The van der Waals surface area contributed by atoms with Gasteiger partial charge in [-0.15, -0.1) is 0 Å². The van der Waals surface area contributed by atoms with E-state index >= 15 is 0 Å². The van der Waals surface area contributed by atoms with Gasteiger partial charge in [0.1, 0.15) is 11.9 Å². The molecule has 0 spiro atoms. The maximum atomic E-state index is 12.8. The van der Waals surface area contributed by atoms with Crippen LogP contribution in [0.2, 0.25) is 0 Å². The average Bonchev–Trinajstić information content (AvgIpc) is 2.47. The predicted molar refractivity (Wildman–Crippen MR) is 73.4 cm³/mol. The Bertz CT molecular complexity index is 537. The van der Waals surface area contributed by atoms with E-state index in [-0.39, 0.29) is 30.5 Å². The molecular formula is C15H17FN2O3. The molecule has 6 heteroatoms. The minimum atomic E-state index is -0.863. The van der Waals surface area contributed by atoms with Crippen molar-refractivity contribution in [2.24, 2.45) is 5.92 Å². The van der Waals surface area contributed by atoms with Gasteiger partial charge >= 0.3 is 5.97 Å². The number of nitriles is 1. The van der Waals surface area contributed by atoms with Gasteiger partial charge in [0, 0.05) is 5.92 Å². The molecule has 1 rings (SSSR count). The lowest BCUT2D eigenvalue weighted by atomic mass is 10.0. The number of hydrogen-bond acceptors (Lipinski definition) is 4. The Morgan fingerprint density at radius 2 is 2.00 bits per heavy atom. The van der Waals surface area contributed by atoms with Crippen molar-refractivity contribution in [3.63, 3.8) is 0 Å². The first-order valence-corrected chi connectivity index (χ1v) is 6.47. The molecule has 0 unspecified atom stereocenters. The zero-order valence-corrected chi connectivity index (χ0v) is 11.9. The summed E-state index contributed by atoms with van der Waals surface area (Å²) in [5, 5.41) is 11.3. The van der Waals surface area contributed by atoms with Gasteiger partial charge in [0.15, 0.2) is 0 Å². The lowest BCUT2D eigenvalue weighted by molar-refractivity contribution is -0.145. The lowest BCUT2D eigenvalue weighted by Gasteiger charge is -2.17. The Kier molecular flexibility index (Phi) is 6.34. The zero-order chi connectivity index (χ0) is 15.8. The van der Waals surface area contributed by atoms with Gasteiger partial charge in [-0.1, -0.05) is 12.1 Å². The topological polar surface area (TPSA) is 79.2 Å². The first-order valence-electron chi connectivity index (χ1n) is 6.47. The Morgan fingerprint density at radius 1 is 1.38 bits per heavy atom. The second-order valence-corrected chi connectivity index (χ2v) is 4.71. The normalized spacial score (nSPS) is 12.9. The molecular weight excluding hydrogens is 275 g/mol. The van der Waals surface area contributed by atoms with Gasteiger partial charge in [0.05, 0.1) is 19.6 Å². The van der Waals surface area contributed by atoms with Gasteiger partial charge in [-0.05, 0) is 31.0 Å². The standard InChI is InChI=1S/C15H17FN2O3/c1-10(9-17)7-13(15(20)21-2)18-14(19)8-11-3-5-12(16)6-4-11/h3-6,10,13H,7-8H2,1-2H3,(H,18,19)/t10-,13+/m0/s1. The van der Waals surface area contributed by atoms with Crippen molar-refractivity contribution in [3.05, 3.63) is 35.6 Å². The maximum Gasteiger partial charge on any atom is 0.328 e. The number of carbonyl (C=O) groups is 2. The molecule has 5 nitrogen and oxygen atoms in total. The number of nitrogens with one attached hydrogen (secondary N) is 1. The molecule has 21 heavy (non-hydrogen) atoms. The molecule has 0 aromatic heterocycles. The summed E-state index contributed by atoms with van der Waals surface area (Å²) < 4.78 is 17.4. The van der Waals surface area contributed by atoms with E-state index in [2.05, 4.69) is 10.1 Å². The SMILES string of the molecule is COC(=O)[C@@H](C[C@H](C)C#N)NC(=O)Cc1ccc(F)cc1. The molecule has 1 aromatic carbocycles. The monoisotopic (exact) mass is 292 g/mol. The van der Waals surface area contributed by atoms with Crippen molar-refractivity contribution in [2.75, 3.05) is 7.11 Å². The minimum absolute atomic E-state index is 0.0225. The second-order valence-electron chi connectivity index (χ2n) is 4.71. The molecule has 112 valence electrons. The minimum Gasteiger partial charge on any atom is -0.467 e. The molecule has 1 amide bonds. The zero-order valence-electron chi connectivity index (χ0n) is 11.9. The van der Waals surface area contributed by atoms with E-state index in [1.165, 1.54) is 31.4 Å². The van der Waals surface area contributed by atoms with Crippen molar-refractivity contribution < 1.29 is 18.7 Å². The maximum absolute atomic E-state index is 12.8.